The summed E-state index contributed by atoms with van der Waals surface area (Å²) >= 11 is 0. The number of hydrogen-bond acceptors (Lipinski definition) is 6. The van der Waals surface area contributed by atoms with Crippen LogP contribution >= 0.6 is 0 Å². The highest BCUT2D eigenvalue weighted by molar-refractivity contribution is 5.62. The van der Waals surface area contributed by atoms with Crippen LogP contribution in [0.15, 0.2) is 54.7 Å². The van der Waals surface area contributed by atoms with Crippen LogP contribution in [-0.4, -0.2) is 24.9 Å². The van der Waals surface area contributed by atoms with Crippen LogP contribution < -0.4 is 0 Å². The van der Waals surface area contributed by atoms with E-state index in [-0.39, 0.29) is 17.2 Å². The number of hydrogen-bond donors (Lipinski definition) is 2. The fourth-order valence-corrected chi connectivity index (χ4v) is 2.38. The maximum atomic E-state index is 10.9. The molecule has 1 unspecified atom stereocenters. The van der Waals surface area contributed by atoms with Crippen molar-refractivity contribution < 1.29 is 15.0 Å². The van der Waals surface area contributed by atoms with Gasteiger partial charge in [-0.1, -0.05) is 24.3 Å². The summed E-state index contributed by atoms with van der Waals surface area (Å²) < 4.78 is 0. The Morgan fingerprint density at radius 2 is 1.64 bits per heavy atom. The van der Waals surface area contributed by atoms with Gasteiger partial charge < -0.3 is 10.1 Å². The first kappa shape index (κ1) is 16.3. The van der Waals surface area contributed by atoms with Crippen LogP contribution in [0.5, 0.6) is 0 Å². The molecule has 25 heavy (non-hydrogen) atoms. The Morgan fingerprint density at radius 3 is 2.32 bits per heavy atom. The van der Waals surface area contributed by atoms with Crippen LogP contribution in [0.4, 0.5) is 11.4 Å². The number of imidazole rings is 1. The van der Waals surface area contributed by atoms with E-state index in [1.54, 1.807) is 18.2 Å². The molecule has 1 aromatic heterocycles. The molecule has 2 aromatic carbocycles. The third-order valence-corrected chi connectivity index (χ3v) is 3.62. The number of aromatic amines is 1. The minimum Gasteiger partial charge on any atom is -0.380 e. The second kappa shape index (κ2) is 6.49. The summed E-state index contributed by atoms with van der Waals surface area (Å²) in [5, 5.41) is 32.1. The molecule has 0 saturated heterocycles. The van der Waals surface area contributed by atoms with E-state index in [0.29, 0.717) is 16.8 Å². The van der Waals surface area contributed by atoms with Crippen molar-refractivity contribution in [2.24, 2.45) is 0 Å². The van der Waals surface area contributed by atoms with Crippen molar-refractivity contribution in [1.82, 2.24) is 9.97 Å². The number of nitrogens with zero attached hydrogens (tertiary/aromatic N) is 3. The van der Waals surface area contributed by atoms with Gasteiger partial charge in [0.05, 0.1) is 21.7 Å². The average molecular weight is 340 g/mol. The highest BCUT2D eigenvalue weighted by Gasteiger charge is 2.18. The highest BCUT2D eigenvalue weighted by atomic mass is 16.6. The maximum absolute atomic E-state index is 10.9. The van der Waals surface area contributed by atoms with Crippen LogP contribution in [0.2, 0.25) is 0 Å². The number of non-ortho nitro benzene ring substituents is 2. The van der Waals surface area contributed by atoms with E-state index in [2.05, 4.69) is 9.97 Å². The van der Waals surface area contributed by atoms with Gasteiger partial charge in [0, 0.05) is 29.8 Å². The summed E-state index contributed by atoms with van der Waals surface area (Å²) in [6, 6.07) is 11.6. The molecule has 0 radical (unpaired) electrons. The summed E-state index contributed by atoms with van der Waals surface area (Å²) in [5.74, 6) is 0.182. The first-order valence-electron chi connectivity index (χ1n) is 7.18. The first-order valence-corrected chi connectivity index (χ1v) is 7.18. The van der Waals surface area contributed by atoms with Gasteiger partial charge in [-0.05, 0) is 5.56 Å². The molecule has 9 heteroatoms. The number of H-pyrrole nitrogens is 1. The van der Waals surface area contributed by atoms with Gasteiger partial charge in [0.15, 0.2) is 0 Å². The van der Waals surface area contributed by atoms with Gasteiger partial charge in [-0.3, -0.25) is 20.2 Å². The topological polar surface area (TPSA) is 135 Å². The molecule has 0 spiro atoms. The van der Waals surface area contributed by atoms with E-state index in [1.165, 1.54) is 36.5 Å². The largest absolute Gasteiger partial charge is 0.380 e. The summed E-state index contributed by atoms with van der Waals surface area (Å²) in [4.78, 5) is 27.6. The Balaban J connectivity index is 1.91. The molecule has 3 rings (SSSR count). The van der Waals surface area contributed by atoms with Crippen molar-refractivity contribution in [3.05, 3.63) is 86.3 Å². The number of aliphatic hydroxyl groups is 1. The van der Waals surface area contributed by atoms with E-state index in [1.807, 2.05) is 0 Å². The van der Waals surface area contributed by atoms with E-state index in [4.69, 9.17) is 0 Å². The molecular formula is C16H12N4O5. The summed E-state index contributed by atoms with van der Waals surface area (Å²) in [6.45, 7) is 0. The first-order chi connectivity index (χ1) is 12.0. The van der Waals surface area contributed by atoms with Gasteiger partial charge in [0.25, 0.3) is 11.4 Å². The van der Waals surface area contributed by atoms with E-state index in [9.17, 15) is 25.3 Å². The monoisotopic (exact) mass is 340 g/mol. The Hall–Kier alpha value is -3.59. The Kier molecular flexibility index (Phi) is 4.23. The van der Waals surface area contributed by atoms with Gasteiger partial charge in [-0.25, -0.2) is 4.98 Å². The number of benzene rings is 2. The lowest BCUT2D eigenvalue weighted by Gasteiger charge is -2.07. The van der Waals surface area contributed by atoms with E-state index >= 15 is 0 Å². The zero-order chi connectivity index (χ0) is 18.0. The van der Waals surface area contributed by atoms with Gasteiger partial charge in [-0.15, -0.1) is 0 Å². The van der Waals surface area contributed by atoms with E-state index < -0.39 is 16.0 Å². The zero-order valence-corrected chi connectivity index (χ0v) is 12.7. The van der Waals surface area contributed by atoms with Crippen LogP contribution in [0, 0.1) is 20.2 Å². The molecule has 1 atom stereocenters. The fraction of sp³-hybridized carbons (Fsp3) is 0.0625. The van der Waals surface area contributed by atoms with Crippen LogP contribution in [-0.2, 0) is 0 Å². The lowest BCUT2D eigenvalue weighted by molar-refractivity contribution is -0.385. The predicted octanol–water partition coefficient (Wildman–Crippen LogP) is 2.97. The van der Waals surface area contributed by atoms with Crippen LogP contribution in [0.1, 0.15) is 17.5 Å². The number of nitro benzene ring substituents is 2. The van der Waals surface area contributed by atoms with Gasteiger partial charge in [0.1, 0.15) is 11.9 Å². The second-order valence-corrected chi connectivity index (χ2v) is 5.24. The number of aliphatic hydroxyl groups excluding tert-OH is 1. The molecular weight excluding hydrogens is 328 g/mol. The number of nitro groups is 2. The number of nitrogens with one attached hydrogen (secondary N) is 1. The quantitative estimate of drug-likeness (QED) is 0.541. The highest BCUT2D eigenvalue weighted by Crippen LogP contribution is 2.27. The van der Waals surface area contributed by atoms with Gasteiger partial charge in [-0.2, -0.15) is 0 Å². The molecule has 126 valence electrons. The normalized spacial score (nSPS) is 11.9. The van der Waals surface area contributed by atoms with Crippen LogP contribution in [0.25, 0.3) is 11.3 Å². The maximum Gasteiger partial charge on any atom is 0.270 e. The van der Waals surface area contributed by atoms with Crippen molar-refractivity contribution in [2.45, 2.75) is 6.10 Å². The lowest BCUT2D eigenvalue weighted by Crippen LogP contribution is -2.02. The zero-order valence-electron chi connectivity index (χ0n) is 12.7. The molecule has 0 aliphatic heterocycles. The molecule has 0 bridgehead atoms. The Labute approximate surface area is 140 Å². The summed E-state index contributed by atoms with van der Waals surface area (Å²) in [5.41, 5.74) is 1.14. The summed E-state index contributed by atoms with van der Waals surface area (Å²) in [7, 11) is 0. The van der Waals surface area contributed by atoms with Crippen molar-refractivity contribution in [1.29, 1.82) is 0 Å². The Bertz CT molecular complexity index is 953. The molecule has 3 aromatic rings. The summed E-state index contributed by atoms with van der Waals surface area (Å²) in [6.07, 6.45) is 0.252. The molecule has 1 heterocycles. The van der Waals surface area contributed by atoms with Crippen molar-refractivity contribution >= 4 is 11.4 Å². The number of rotatable bonds is 5. The Morgan fingerprint density at radius 1 is 1.00 bits per heavy atom. The number of aromatic nitrogens is 2. The lowest BCUT2D eigenvalue weighted by atomic mass is 10.1. The molecule has 0 aliphatic rings. The van der Waals surface area contributed by atoms with Gasteiger partial charge in [0.2, 0.25) is 0 Å². The SMILES string of the molecule is O=[N+]([O-])c1cccc(-c2cnc(C(O)c3cccc([N+](=O)[O-])c3)[nH]2)c1. The second-order valence-electron chi connectivity index (χ2n) is 5.24. The molecule has 0 amide bonds. The smallest absolute Gasteiger partial charge is 0.270 e. The van der Waals surface area contributed by atoms with Crippen molar-refractivity contribution in [3.8, 4) is 11.3 Å². The van der Waals surface area contributed by atoms with Gasteiger partial charge >= 0.3 is 0 Å². The van der Waals surface area contributed by atoms with Crippen molar-refractivity contribution in [3.63, 3.8) is 0 Å². The molecule has 0 saturated carbocycles. The average Bonchev–Trinajstić information content (AvgIpc) is 3.11. The van der Waals surface area contributed by atoms with E-state index in [0.717, 1.165) is 0 Å². The predicted molar refractivity (Wildman–Crippen MR) is 87.8 cm³/mol. The van der Waals surface area contributed by atoms with Crippen molar-refractivity contribution in [2.75, 3.05) is 0 Å². The fourth-order valence-electron chi connectivity index (χ4n) is 2.38. The standard InChI is InChI=1S/C16H12N4O5/c21-15(11-4-2-6-13(8-11)20(24)25)16-17-9-14(18-16)10-3-1-5-12(7-10)19(22)23/h1-9,15,21H,(H,17,18). The minimum absolute atomic E-state index is 0.0621. The molecule has 9 nitrogen and oxygen atoms in total. The third-order valence-electron chi connectivity index (χ3n) is 3.62. The molecule has 0 aliphatic carbocycles. The molecule has 0 fully saturated rings. The minimum atomic E-state index is -1.19. The van der Waals surface area contributed by atoms with Crippen LogP contribution in [0.3, 0.4) is 0 Å². The third kappa shape index (κ3) is 3.35. The molecule has 2 N–H and O–H groups in total.